The molecule has 1 N–H and O–H groups in total. The van der Waals surface area contributed by atoms with Crippen molar-refractivity contribution in [1.29, 1.82) is 0 Å². The molecular formula is C17H17N5O. The van der Waals surface area contributed by atoms with Crippen molar-refractivity contribution in [1.82, 2.24) is 25.1 Å². The standard InChI is InChI=1S/C17H17N5O/c1-13(16-4-2-3-9-19-16)21-17(23)15-7-5-14(6-8-15)10-22-12-18-11-20-22/h2-9,11-13H,10H2,1H3,(H,21,23). The summed E-state index contributed by atoms with van der Waals surface area (Å²) in [5, 5.41) is 7.01. The number of carbonyl (C=O) groups is 1. The van der Waals surface area contributed by atoms with Crippen LogP contribution < -0.4 is 5.32 Å². The van der Waals surface area contributed by atoms with Gasteiger partial charge in [0, 0.05) is 11.8 Å². The summed E-state index contributed by atoms with van der Waals surface area (Å²) in [5.41, 5.74) is 2.52. The highest BCUT2D eigenvalue weighted by atomic mass is 16.1. The Bertz CT molecular complexity index is 753. The second kappa shape index (κ2) is 6.83. The molecule has 0 saturated carbocycles. The maximum absolute atomic E-state index is 12.3. The lowest BCUT2D eigenvalue weighted by Gasteiger charge is -2.13. The third-order valence-corrected chi connectivity index (χ3v) is 3.51. The molecule has 3 rings (SSSR count). The van der Waals surface area contributed by atoms with Crippen LogP contribution in [0, 0.1) is 0 Å². The molecule has 3 aromatic rings. The van der Waals surface area contributed by atoms with E-state index in [0.717, 1.165) is 11.3 Å². The smallest absolute Gasteiger partial charge is 0.251 e. The average molecular weight is 307 g/mol. The molecule has 1 aromatic carbocycles. The fourth-order valence-electron chi connectivity index (χ4n) is 2.25. The molecule has 6 nitrogen and oxygen atoms in total. The van der Waals surface area contributed by atoms with Gasteiger partial charge in [0.25, 0.3) is 5.91 Å². The number of rotatable bonds is 5. The van der Waals surface area contributed by atoms with E-state index in [2.05, 4.69) is 20.4 Å². The summed E-state index contributed by atoms with van der Waals surface area (Å²) in [6.07, 6.45) is 4.88. The van der Waals surface area contributed by atoms with Crippen molar-refractivity contribution >= 4 is 5.91 Å². The van der Waals surface area contributed by atoms with E-state index in [-0.39, 0.29) is 11.9 Å². The van der Waals surface area contributed by atoms with E-state index in [4.69, 9.17) is 0 Å². The molecule has 0 bridgehead atoms. The molecule has 0 radical (unpaired) electrons. The van der Waals surface area contributed by atoms with Crippen LogP contribution in [0.2, 0.25) is 0 Å². The van der Waals surface area contributed by atoms with Crippen LogP contribution in [-0.2, 0) is 6.54 Å². The number of aromatic nitrogens is 4. The van der Waals surface area contributed by atoms with Gasteiger partial charge < -0.3 is 5.32 Å². The van der Waals surface area contributed by atoms with Crippen molar-refractivity contribution in [2.45, 2.75) is 19.5 Å². The molecule has 0 aliphatic rings. The van der Waals surface area contributed by atoms with Crippen molar-refractivity contribution in [3.05, 3.63) is 78.1 Å². The third kappa shape index (κ3) is 3.79. The summed E-state index contributed by atoms with van der Waals surface area (Å²) < 4.78 is 1.73. The topological polar surface area (TPSA) is 72.7 Å². The Balaban J connectivity index is 1.63. The van der Waals surface area contributed by atoms with Crippen LogP contribution in [0.3, 0.4) is 0 Å². The zero-order chi connectivity index (χ0) is 16.1. The quantitative estimate of drug-likeness (QED) is 0.784. The molecule has 0 saturated heterocycles. The van der Waals surface area contributed by atoms with E-state index in [1.165, 1.54) is 6.33 Å². The highest BCUT2D eigenvalue weighted by Crippen LogP contribution is 2.11. The first-order valence-electron chi connectivity index (χ1n) is 7.35. The summed E-state index contributed by atoms with van der Waals surface area (Å²) in [5.74, 6) is -0.115. The lowest BCUT2D eigenvalue weighted by molar-refractivity contribution is 0.0939. The van der Waals surface area contributed by atoms with Gasteiger partial charge in [0.05, 0.1) is 18.3 Å². The van der Waals surface area contributed by atoms with Gasteiger partial charge in [-0.3, -0.25) is 9.78 Å². The van der Waals surface area contributed by atoms with Gasteiger partial charge in [-0.25, -0.2) is 9.67 Å². The number of pyridine rings is 1. The molecular weight excluding hydrogens is 290 g/mol. The highest BCUT2D eigenvalue weighted by molar-refractivity contribution is 5.94. The monoisotopic (exact) mass is 307 g/mol. The minimum atomic E-state index is -0.140. The van der Waals surface area contributed by atoms with E-state index in [1.54, 1.807) is 17.2 Å². The summed E-state index contributed by atoms with van der Waals surface area (Å²) in [6, 6.07) is 13.0. The minimum Gasteiger partial charge on any atom is -0.344 e. The molecule has 2 heterocycles. The normalized spacial score (nSPS) is 11.9. The highest BCUT2D eigenvalue weighted by Gasteiger charge is 2.12. The Morgan fingerprint density at radius 2 is 2.04 bits per heavy atom. The Morgan fingerprint density at radius 3 is 2.70 bits per heavy atom. The molecule has 0 aliphatic heterocycles. The minimum absolute atomic E-state index is 0.115. The predicted molar refractivity (Wildman–Crippen MR) is 85.7 cm³/mol. The summed E-state index contributed by atoms with van der Waals surface area (Å²) >= 11 is 0. The lowest BCUT2D eigenvalue weighted by atomic mass is 10.1. The lowest BCUT2D eigenvalue weighted by Crippen LogP contribution is -2.27. The number of hydrogen-bond donors (Lipinski definition) is 1. The number of nitrogens with zero attached hydrogens (tertiary/aromatic N) is 4. The molecule has 1 unspecified atom stereocenters. The maximum atomic E-state index is 12.3. The predicted octanol–water partition coefficient (Wildman–Crippen LogP) is 2.21. The van der Waals surface area contributed by atoms with Gasteiger partial charge in [-0.15, -0.1) is 0 Å². The third-order valence-electron chi connectivity index (χ3n) is 3.51. The van der Waals surface area contributed by atoms with E-state index >= 15 is 0 Å². The zero-order valence-electron chi connectivity index (χ0n) is 12.8. The molecule has 6 heteroatoms. The molecule has 0 spiro atoms. The first-order valence-corrected chi connectivity index (χ1v) is 7.35. The van der Waals surface area contributed by atoms with E-state index in [9.17, 15) is 4.79 Å². The molecule has 1 amide bonds. The number of nitrogens with one attached hydrogen (secondary N) is 1. The van der Waals surface area contributed by atoms with Crippen molar-refractivity contribution in [3.8, 4) is 0 Å². The first kappa shape index (κ1) is 14.9. The van der Waals surface area contributed by atoms with Crippen LogP contribution >= 0.6 is 0 Å². The Hall–Kier alpha value is -3.02. The average Bonchev–Trinajstić information content (AvgIpc) is 3.09. The van der Waals surface area contributed by atoms with Crippen LogP contribution in [0.15, 0.2) is 61.3 Å². The molecule has 0 aliphatic carbocycles. The summed E-state index contributed by atoms with van der Waals surface area (Å²) in [4.78, 5) is 20.4. The van der Waals surface area contributed by atoms with Crippen molar-refractivity contribution < 1.29 is 4.79 Å². The first-order chi connectivity index (χ1) is 11.2. The number of benzene rings is 1. The number of amides is 1. The Morgan fingerprint density at radius 1 is 1.22 bits per heavy atom. The van der Waals surface area contributed by atoms with Gasteiger partial charge in [-0.2, -0.15) is 5.10 Å². The Kier molecular flexibility index (Phi) is 4.42. The van der Waals surface area contributed by atoms with Gasteiger partial charge >= 0.3 is 0 Å². The fourth-order valence-corrected chi connectivity index (χ4v) is 2.25. The van der Waals surface area contributed by atoms with Gasteiger partial charge in [-0.05, 0) is 36.8 Å². The number of hydrogen-bond acceptors (Lipinski definition) is 4. The Labute approximate surface area is 134 Å². The second-order valence-electron chi connectivity index (χ2n) is 5.24. The van der Waals surface area contributed by atoms with Crippen LogP contribution in [0.4, 0.5) is 0 Å². The van der Waals surface area contributed by atoms with Crippen molar-refractivity contribution in [3.63, 3.8) is 0 Å². The molecule has 23 heavy (non-hydrogen) atoms. The van der Waals surface area contributed by atoms with Crippen LogP contribution in [0.5, 0.6) is 0 Å². The van der Waals surface area contributed by atoms with Gasteiger partial charge in [0.15, 0.2) is 0 Å². The number of carbonyl (C=O) groups excluding carboxylic acids is 1. The summed E-state index contributed by atoms with van der Waals surface area (Å²) in [6.45, 7) is 2.55. The van der Waals surface area contributed by atoms with Gasteiger partial charge in [0.2, 0.25) is 0 Å². The van der Waals surface area contributed by atoms with Gasteiger partial charge in [-0.1, -0.05) is 18.2 Å². The molecule has 1 atom stereocenters. The van der Waals surface area contributed by atoms with Crippen molar-refractivity contribution in [2.24, 2.45) is 0 Å². The van der Waals surface area contributed by atoms with Crippen molar-refractivity contribution in [2.75, 3.05) is 0 Å². The van der Waals surface area contributed by atoms with E-state index < -0.39 is 0 Å². The zero-order valence-corrected chi connectivity index (χ0v) is 12.8. The molecule has 0 fully saturated rings. The van der Waals surface area contributed by atoms with Gasteiger partial charge in [0.1, 0.15) is 12.7 Å². The molecule has 116 valence electrons. The van der Waals surface area contributed by atoms with Crippen LogP contribution in [0.25, 0.3) is 0 Å². The molecule has 2 aromatic heterocycles. The summed E-state index contributed by atoms with van der Waals surface area (Å²) in [7, 11) is 0. The SMILES string of the molecule is CC(NC(=O)c1ccc(Cn2cncn2)cc1)c1ccccn1. The van der Waals surface area contributed by atoms with E-state index in [1.807, 2.05) is 49.4 Å². The van der Waals surface area contributed by atoms with E-state index in [0.29, 0.717) is 12.1 Å². The maximum Gasteiger partial charge on any atom is 0.251 e. The van der Waals surface area contributed by atoms with Crippen LogP contribution in [-0.4, -0.2) is 25.7 Å². The fraction of sp³-hybridized carbons (Fsp3) is 0.176. The second-order valence-corrected chi connectivity index (χ2v) is 5.24. The van der Waals surface area contributed by atoms with Crippen LogP contribution in [0.1, 0.15) is 34.6 Å². The largest absolute Gasteiger partial charge is 0.344 e.